The Labute approximate surface area is 121 Å². The van der Waals surface area contributed by atoms with E-state index in [0.29, 0.717) is 15.6 Å². The molecule has 1 N–H and O–H groups in total. The number of carbonyl (C=O) groups excluding carboxylic acids is 1. The summed E-state index contributed by atoms with van der Waals surface area (Å²) in [5.41, 5.74) is 0.444. The number of hydrogen-bond acceptors (Lipinski definition) is 6. The lowest BCUT2D eigenvalue weighted by molar-refractivity contribution is -0.386. The molecule has 2 rings (SSSR count). The molecular weight excluding hydrogens is 332 g/mol. The number of nitro groups is 1. The number of aromatic hydroxyl groups is 1. The fraction of sp³-hybridized carbons (Fsp3) is 0.167. The minimum Gasteiger partial charge on any atom is -0.502 e. The van der Waals surface area contributed by atoms with Gasteiger partial charge in [-0.1, -0.05) is 15.9 Å². The zero-order valence-corrected chi connectivity index (χ0v) is 11.9. The molecule has 0 amide bonds. The van der Waals surface area contributed by atoms with Gasteiger partial charge in [0.25, 0.3) is 0 Å². The molecule has 0 radical (unpaired) electrons. The first-order chi connectivity index (χ1) is 9.43. The van der Waals surface area contributed by atoms with E-state index in [-0.39, 0.29) is 11.8 Å². The van der Waals surface area contributed by atoms with Crippen LogP contribution in [0.15, 0.2) is 22.8 Å². The minimum atomic E-state index is -0.718. The van der Waals surface area contributed by atoms with Crippen molar-refractivity contribution in [3.8, 4) is 5.75 Å². The smallest absolute Gasteiger partial charge is 0.329 e. The van der Waals surface area contributed by atoms with E-state index in [4.69, 9.17) is 0 Å². The van der Waals surface area contributed by atoms with Crippen LogP contribution in [0.25, 0.3) is 10.9 Å². The summed E-state index contributed by atoms with van der Waals surface area (Å²) in [7, 11) is 1.27. The predicted molar refractivity (Wildman–Crippen MR) is 73.5 cm³/mol. The Morgan fingerprint density at radius 1 is 1.55 bits per heavy atom. The number of hydrogen-bond donors (Lipinski definition) is 1. The molecule has 0 saturated carbocycles. The molecule has 0 fully saturated rings. The number of halogens is 1. The highest BCUT2D eigenvalue weighted by Crippen LogP contribution is 2.35. The maximum absolute atomic E-state index is 11.3. The van der Waals surface area contributed by atoms with Gasteiger partial charge < -0.3 is 9.84 Å². The molecular formula is C12H9BrN2O5. The van der Waals surface area contributed by atoms with Crippen molar-refractivity contribution >= 4 is 38.5 Å². The second-order valence-corrected chi connectivity index (χ2v) is 4.82. The van der Waals surface area contributed by atoms with Gasteiger partial charge in [-0.15, -0.1) is 0 Å². The Morgan fingerprint density at radius 2 is 2.25 bits per heavy atom. The number of carbonyl (C=O) groups is 1. The number of ether oxygens (including phenoxy) is 1. The van der Waals surface area contributed by atoms with Gasteiger partial charge in [-0.2, -0.15) is 0 Å². The van der Waals surface area contributed by atoms with Crippen molar-refractivity contribution in [1.29, 1.82) is 0 Å². The van der Waals surface area contributed by atoms with Gasteiger partial charge in [0.1, 0.15) is 6.20 Å². The summed E-state index contributed by atoms with van der Waals surface area (Å²) in [6, 6.07) is 3.06. The van der Waals surface area contributed by atoms with Crippen LogP contribution in [0.2, 0.25) is 0 Å². The quantitative estimate of drug-likeness (QED) is 0.522. The SMILES string of the molecule is COC(=O)Cc1cc2c(O)c([N+](=O)[O-])cnc2cc1Br. The largest absolute Gasteiger partial charge is 0.502 e. The summed E-state index contributed by atoms with van der Waals surface area (Å²) >= 11 is 3.28. The average Bonchev–Trinajstić information content (AvgIpc) is 2.40. The Morgan fingerprint density at radius 3 is 2.85 bits per heavy atom. The first kappa shape index (κ1) is 14.2. The molecule has 0 aliphatic rings. The van der Waals surface area contributed by atoms with Crippen molar-refractivity contribution in [2.24, 2.45) is 0 Å². The zero-order chi connectivity index (χ0) is 14.9. The van der Waals surface area contributed by atoms with E-state index in [0.717, 1.165) is 6.20 Å². The predicted octanol–water partition coefficient (Wildman–Crippen LogP) is 2.33. The van der Waals surface area contributed by atoms with E-state index in [1.165, 1.54) is 13.2 Å². The molecule has 0 unspecified atom stereocenters. The average molecular weight is 341 g/mol. The molecule has 1 aromatic heterocycles. The summed E-state index contributed by atoms with van der Waals surface area (Å²) in [4.78, 5) is 25.3. The summed E-state index contributed by atoms with van der Waals surface area (Å²) in [5.74, 6) is -0.929. The van der Waals surface area contributed by atoms with Crippen molar-refractivity contribution in [3.05, 3.63) is 38.5 Å². The summed E-state index contributed by atoms with van der Waals surface area (Å²) in [5, 5.41) is 20.9. The zero-order valence-electron chi connectivity index (χ0n) is 10.3. The highest BCUT2D eigenvalue weighted by Gasteiger charge is 2.19. The third-order valence-corrected chi connectivity index (χ3v) is 3.49. The number of esters is 1. The summed E-state index contributed by atoms with van der Waals surface area (Å²) in [6.07, 6.45) is 0.971. The van der Waals surface area contributed by atoms with Crippen molar-refractivity contribution in [1.82, 2.24) is 4.98 Å². The monoisotopic (exact) mass is 340 g/mol. The van der Waals surface area contributed by atoms with Crippen LogP contribution in [-0.2, 0) is 16.0 Å². The van der Waals surface area contributed by atoms with E-state index < -0.39 is 22.3 Å². The highest BCUT2D eigenvalue weighted by molar-refractivity contribution is 9.10. The summed E-state index contributed by atoms with van der Waals surface area (Å²) < 4.78 is 5.17. The first-order valence-electron chi connectivity index (χ1n) is 5.45. The van der Waals surface area contributed by atoms with Crippen LogP contribution >= 0.6 is 15.9 Å². The van der Waals surface area contributed by atoms with Gasteiger partial charge in [-0.3, -0.25) is 14.9 Å². The molecule has 7 nitrogen and oxygen atoms in total. The van der Waals surface area contributed by atoms with Gasteiger partial charge in [-0.25, -0.2) is 4.98 Å². The molecule has 1 heterocycles. The molecule has 8 heteroatoms. The van der Waals surface area contributed by atoms with Gasteiger partial charge in [0.05, 0.1) is 24.0 Å². The van der Waals surface area contributed by atoms with Gasteiger partial charge in [0.2, 0.25) is 5.75 Å². The topological polar surface area (TPSA) is 103 Å². The van der Waals surface area contributed by atoms with Gasteiger partial charge >= 0.3 is 11.7 Å². The molecule has 0 aliphatic heterocycles. The Kier molecular flexibility index (Phi) is 3.84. The van der Waals surface area contributed by atoms with Crippen LogP contribution in [-0.4, -0.2) is 28.1 Å². The second-order valence-electron chi connectivity index (χ2n) is 3.96. The van der Waals surface area contributed by atoms with E-state index in [1.54, 1.807) is 6.07 Å². The molecule has 104 valence electrons. The number of fused-ring (bicyclic) bond motifs is 1. The number of pyridine rings is 1. The normalized spacial score (nSPS) is 10.5. The number of benzene rings is 1. The van der Waals surface area contributed by atoms with E-state index in [1.807, 2.05) is 0 Å². The Balaban J connectivity index is 2.63. The maximum atomic E-state index is 11.3. The lowest BCUT2D eigenvalue weighted by atomic mass is 10.1. The van der Waals surface area contributed by atoms with Gasteiger partial charge in [-0.05, 0) is 17.7 Å². The van der Waals surface area contributed by atoms with E-state index in [2.05, 4.69) is 25.7 Å². The molecule has 0 spiro atoms. The minimum absolute atomic E-state index is 0.0187. The fourth-order valence-corrected chi connectivity index (χ4v) is 2.20. The second kappa shape index (κ2) is 5.41. The lowest BCUT2D eigenvalue weighted by Gasteiger charge is -2.07. The third kappa shape index (κ3) is 2.55. The molecule has 0 saturated heterocycles. The lowest BCUT2D eigenvalue weighted by Crippen LogP contribution is -2.05. The number of methoxy groups -OCH3 is 1. The molecule has 0 aliphatic carbocycles. The molecule has 20 heavy (non-hydrogen) atoms. The number of rotatable bonds is 3. The molecule has 0 atom stereocenters. The number of aromatic nitrogens is 1. The summed E-state index contributed by atoms with van der Waals surface area (Å²) in [6.45, 7) is 0. The third-order valence-electron chi connectivity index (χ3n) is 2.75. The fourth-order valence-electron chi connectivity index (χ4n) is 1.73. The van der Waals surface area contributed by atoms with Gasteiger partial charge in [0.15, 0.2) is 0 Å². The van der Waals surface area contributed by atoms with Gasteiger partial charge in [0, 0.05) is 9.86 Å². The standard InChI is InChI=1S/C12H9BrN2O5/c1-20-11(16)3-6-2-7-9(4-8(6)13)14-5-10(12(7)17)15(18)19/h2,4-5H,3H2,1H3,(H,14,17). The maximum Gasteiger partial charge on any atom is 0.329 e. The van der Waals surface area contributed by atoms with Crippen molar-refractivity contribution in [3.63, 3.8) is 0 Å². The van der Waals surface area contributed by atoms with Crippen LogP contribution in [0.4, 0.5) is 5.69 Å². The van der Waals surface area contributed by atoms with Crippen LogP contribution in [0.5, 0.6) is 5.75 Å². The van der Waals surface area contributed by atoms with Crippen molar-refractivity contribution in [2.45, 2.75) is 6.42 Å². The molecule has 2 aromatic rings. The Hall–Kier alpha value is -2.22. The van der Waals surface area contributed by atoms with Crippen molar-refractivity contribution in [2.75, 3.05) is 7.11 Å². The van der Waals surface area contributed by atoms with Crippen molar-refractivity contribution < 1.29 is 19.6 Å². The van der Waals surface area contributed by atoms with E-state index in [9.17, 15) is 20.0 Å². The van der Waals surface area contributed by atoms with Crippen LogP contribution < -0.4 is 0 Å². The van der Waals surface area contributed by atoms with Crippen LogP contribution in [0, 0.1) is 10.1 Å². The number of nitrogens with zero attached hydrogens (tertiary/aromatic N) is 2. The Bertz CT molecular complexity index is 717. The molecule has 1 aromatic carbocycles. The first-order valence-corrected chi connectivity index (χ1v) is 6.24. The highest BCUT2D eigenvalue weighted by atomic mass is 79.9. The van der Waals surface area contributed by atoms with E-state index >= 15 is 0 Å². The molecule has 0 bridgehead atoms. The van der Waals surface area contributed by atoms with Crippen LogP contribution in [0.1, 0.15) is 5.56 Å². The van der Waals surface area contributed by atoms with Crippen LogP contribution in [0.3, 0.4) is 0 Å².